The fourth-order valence-corrected chi connectivity index (χ4v) is 3.12. The van der Waals surface area contributed by atoms with Crippen molar-refractivity contribution in [1.29, 1.82) is 0 Å². The summed E-state index contributed by atoms with van der Waals surface area (Å²) in [5.74, 6) is 1.45. The Kier molecular flexibility index (Phi) is 4.66. The molecular formula is C18H22N4O4. The zero-order chi connectivity index (χ0) is 17.9. The molecule has 2 aromatic rings. The minimum atomic E-state index is -0.205. The van der Waals surface area contributed by atoms with Gasteiger partial charge in [0.15, 0.2) is 17.6 Å². The van der Waals surface area contributed by atoms with Gasteiger partial charge < -0.3 is 24.4 Å². The van der Waals surface area contributed by atoms with E-state index in [1.165, 1.54) is 0 Å². The molecule has 8 nitrogen and oxygen atoms in total. The highest BCUT2D eigenvalue weighted by molar-refractivity contribution is 5.74. The van der Waals surface area contributed by atoms with Crippen LogP contribution in [-0.2, 0) is 11.8 Å². The van der Waals surface area contributed by atoms with E-state index in [0.29, 0.717) is 38.6 Å². The predicted molar refractivity (Wildman–Crippen MR) is 93.2 cm³/mol. The van der Waals surface area contributed by atoms with Crippen molar-refractivity contribution in [2.75, 3.05) is 32.8 Å². The zero-order valence-electron chi connectivity index (χ0n) is 14.6. The van der Waals surface area contributed by atoms with Gasteiger partial charge in [-0.3, -0.25) is 4.68 Å². The Balaban J connectivity index is 1.29. The quantitative estimate of drug-likeness (QED) is 0.896. The van der Waals surface area contributed by atoms with Crippen molar-refractivity contribution in [3.05, 3.63) is 42.2 Å². The number of morpholine rings is 1. The Labute approximate surface area is 151 Å². The second-order valence-corrected chi connectivity index (χ2v) is 6.44. The van der Waals surface area contributed by atoms with E-state index in [4.69, 9.17) is 14.2 Å². The van der Waals surface area contributed by atoms with Gasteiger partial charge in [0, 0.05) is 25.4 Å². The third kappa shape index (κ3) is 3.60. The summed E-state index contributed by atoms with van der Waals surface area (Å²) >= 11 is 0. The first-order valence-electron chi connectivity index (χ1n) is 8.70. The van der Waals surface area contributed by atoms with Gasteiger partial charge in [-0.15, -0.1) is 0 Å². The number of nitrogens with zero attached hydrogens (tertiary/aromatic N) is 3. The molecule has 0 aliphatic carbocycles. The maximum absolute atomic E-state index is 12.5. The standard InChI is InChI=1S/C18H22N4O4/c1-21-10-13(8-20-21)17-11-22(6-7-24-17)18(23)19-9-14-12-25-15-4-2-3-5-16(15)26-14/h2-5,8,10,14,17H,6-7,9,11-12H2,1H3,(H,19,23). The van der Waals surface area contributed by atoms with Gasteiger partial charge >= 0.3 is 6.03 Å². The molecule has 1 saturated heterocycles. The minimum absolute atomic E-state index is 0.121. The fourth-order valence-electron chi connectivity index (χ4n) is 3.12. The van der Waals surface area contributed by atoms with E-state index < -0.39 is 0 Å². The number of fused-ring (bicyclic) bond motifs is 1. The molecule has 3 heterocycles. The highest BCUT2D eigenvalue weighted by Gasteiger charge is 2.27. The van der Waals surface area contributed by atoms with Gasteiger partial charge in [-0.1, -0.05) is 12.1 Å². The summed E-state index contributed by atoms with van der Waals surface area (Å²) < 4.78 is 19.0. The van der Waals surface area contributed by atoms with E-state index in [-0.39, 0.29) is 18.2 Å². The lowest BCUT2D eigenvalue weighted by molar-refractivity contribution is -0.0159. The highest BCUT2D eigenvalue weighted by atomic mass is 16.6. The molecule has 1 N–H and O–H groups in total. The lowest BCUT2D eigenvalue weighted by atomic mass is 10.1. The summed E-state index contributed by atoms with van der Waals surface area (Å²) in [5, 5.41) is 7.10. The Morgan fingerprint density at radius 3 is 3.00 bits per heavy atom. The van der Waals surface area contributed by atoms with Crippen LogP contribution in [-0.4, -0.2) is 59.7 Å². The summed E-state index contributed by atoms with van der Waals surface area (Å²) in [7, 11) is 1.86. The number of ether oxygens (including phenoxy) is 3. The average Bonchev–Trinajstić information content (AvgIpc) is 3.12. The van der Waals surface area contributed by atoms with E-state index in [2.05, 4.69) is 10.4 Å². The number of hydrogen-bond acceptors (Lipinski definition) is 5. The molecule has 2 amide bonds. The largest absolute Gasteiger partial charge is 0.486 e. The molecule has 138 valence electrons. The summed E-state index contributed by atoms with van der Waals surface area (Å²) in [6.07, 6.45) is 3.33. The first kappa shape index (κ1) is 16.7. The van der Waals surface area contributed by atoms with Crippen molar-refractivity contribution in [3.8, 4) is 11.5 Å². The molecule has 2 unspecified atom stereocenters. The lowest BCUT2D eigenvalue weighted by Gasteiger charge is -2.33. The number of para-hydroxylation sites is 2. The molecular weight excluding hydrogens is 336 g/mol. The van der Waals surface area contributed by atoms with E-state index in [1.807, 2.05) is 37.5 Å². The van der Waals surface area contributed by atoms with Crippen molar-refractivity contribution >= 4 is 6.03 Å². The van der Waals surface area contributed by atoms with Gasteiger partial charge in [-0.2, -0.15) is 5.10 Å². The summed E-state index contributed by atoms with van der Waals surface area (Å²) in [6, 6.07) is 7.42. The monoisotopic (exact) mass is 358 g/mol. The first-order valence-corrected chi connectivity index (χ1v) is 8.70. The first-order chi connectivity index (χ1) is 12.7. The third-order valence-electron chi connectivity index (χ3n) is 4.50. The molecule has 2 aliphatic heterocycles. The second-order valence-electron chi connectivity index (χ2n) is 6.44. The molecule has 0 bridgehead atoms. The van der Waals surface area contributed by atoms with E-state index in [1.54, 1.807) is 15.8 Å². The Morgan fingerprint density at radius 1 is 1.35 bits per heavy atom. The number of hydrogen-bond donors (Lipinski definition) is 1. The number of carbonyl (C=O) groups excluding carboxylic acids is 1. The number of urea groups is 1. The van der Waals surface area contributed by atoms with Crippen LogP contribution in [0.25, 0.3) is 0 Å². The van der Waals surface area contributed by atoms with Crippen molar-refractivity contribution in [3.63, 3.8) is 0 Å². The fraction of sp³-hybridized carbons (Fsp3) is 0.444. The van der Waals surface area contributed by atoms with E-state index in [9.17, 15) is 4.79 Å². The zero-order valence-corrected chi connectivity index (χ0v) is 14.6. The number of nitrogens with one attached hydrogen (secondary N) is 1. The lowest BCUT2D eigenvalue weighted by Crippen LogP contribution is -2.50. The SMILES string of the molecule is Cn1cc(C2CN(C(=O)NCC3COc4ccccc4O3)CCO2)cn1. The molecule has 26 heavy (non-hydrogen) atoms. The van der Waals surface area contributed by atoms with Gasteiger partial charge in [0.25, 0.3) is 0 Å². The summed E-state index contributed by atoms with van der Waals surface area (Å²) in [6.45, 7) is 2.38. The molecule has 1 fully saturated rings. The van der Waals surface area contributed by atoms with Crippen LogP contribution in [0.4, 0.5) is 4.79 Å². The molecule has 2 aliphatic rings. The van der Waals surface area contributed by atoms with E-state index in [0.717, 1.165) is 11.3 Å². The van der Waals surface area contributed by atoms with Gasteiger partial charge in [0.05, 0.1) is 25.9 Å². The molecule has 4 rings (SSSR count). The van der Waals surface area contributed by atoms with Gasteiger partial charge in [0.1, 0.15) is 12.7 Å². The number of amides is 2. The molecule has 0 saturated carbocycles. The van der Waals surface area contributed by atoms with Crippen molar-refractivity contribution in [1.82, 2.24) is 20.0 Å². The Morgan fingerprint density at radius 2 is 2.19 bits per heavy atom. The van der Waals surface area contributed by atoms with Crippen LogP contribution in [0.15, 0.2) is 36.7 Å². The van der Waals surface area contributed by atoms with Crippen LogP contribution in [0.1, 0.15) is 11.7 Å². The number of rotatable bonds is 3. The van der Waals surface area contributed by atoms with Crippen LogP contribution in [0.5, 0.6) is 11.5 Å². The molecule has 0 spiro atoms. The van der Waals surface area contributed by atoms with Crippen molar-refractivity contribution in [2.24, 2.45) is 7.05 Å². The molecule has 2 atom stereocenters. The number of carbonyl (C=O) groups is 1. The molecule has 0 radical (unpaired) electrons. The number of benzene rings is 1. The topological polar surface area (TPSA) is 77.9 Å². The summed E-state index contributed by atoms with van der Waals surface area (Å²) in [5.41, 5.74) is 0.977. The predicted octanol–water partition coefficient (Wildman–Crippen LogP) is 1.34. The van der Waals surface area contributed by atoms with Crippen LogP contribution in [0.3, 0.4) is 0 Å². The van der Waals surface area contributed by atoms with Crippen LogP contribution < -0.4 is 14.8 Å². The molecule has 1 aromatic carbocycles. The minimum Gasteiger partial charge on any atom is -0.486 e. The van der Waals surface area contributed by atoms with Gasteiger partial charge in [0.2, 0.25) is 0 Å². The Hall–Kier alpha value is -2.74. The van der Waals surface area contributed by atoms with Gasteiger partial charge in [-0.05, 0) is 12.1 Å². The van der Waals surface area contributed by atoms with Crippen LogP contribution in [0.2, 0.25) is 0 Å². The highest BCUT2D eigenvalue weighted by Crippen LogP contribution is 2.30. The normalized spacial score (nSPS) is 22.1. The second kappa shape index (κ2) is 7.25. The summed E-state index contributed by atoms with van der Waals surface area (Å²) in [4.78, 5) is 14.3. The third-order valence-corrected chi connectivity index (χ3v) is 4.50. The maximum Gasteiger partial charge on any atom is 0.317 e. The van der Waals surface area contributed by atoms with E-state index >= 15 is 0 Å². The molecule has 1 aromatic heterocycles. The van der Waals surface area contributed by atoms with Crippen LogP contribution >= 0.6 is 0 Å². The number of aromatic nitrogens is 2. The maximum atomic E-state index is 12.5. The average molecular weight is 358 g/mol. The van der Waals surface area contributed by atoms with Gasteiger partial charge in [-0.25, -0.2) is 4.79 Å². The van der Waals surface area contributed by atoms with Crippen molar-refractivity contribution < 1.29 is 19.0 Å². The van der Waals surface area contributed by atoms with Crippen molar-refractivity contribution in [2.45, 2.75) is 12.2 Å². The number of aryl methyl sites for hydroxylation is 1. The molecule has 8 heteroatoms. The van der Waals surface area contributed by atoms with Crippen LogP contribution in [0, 0.1) is 0 Å². The smallest absolute Gasteiger partial charge is 0.317 e. The Bertz CT molecular complexity index is 778.